The third-order valence-electron chi connectivity index (χ3n) is 4.40. The van der Waals surface area contributed by atoms with Crippen LogP contribution in [0.4, 0.5) is 0 Å². The number of aryl methyl sites for hydroxylation is 1. The molecule has 2 aromatic rings. The number of para-hydroxylation sites is 2. The number of fused-ring (bicyclic) bond motifs is 1. The van der Waals surface area contributed by atoms with Crippen LogP contribution in [0, 0.1) is 0 Å². The minimum Gasteiger partial charge on any atom is -0.379 e. The summed E-state index contributed by atoms with van der Waals surface area (Å²) in [5, 5.41) is 2.99. The Morgan fingerprint density at radius 1 is 1.25 bits per heavy atom. The van der Waals surface area contributed by atoms with E-state index in [1.165, 1.54) is 4.57 Å². The van der Waals surface area contributed by atoms with Gasteiger partial charge in [0.25, 0.3) is 0 Å². The number of amides is 1. The van der Waals surface area contributed by atoms with E-state index in [9.17, 15) is 9.59 Å². The van der Waals surface area contributed by atoms with Crippen LogP contribution < -0.4 is 11.0 Å². The summed E-state index contributed by atoms with van der Waals surface area (Å²) in [5.74, 6) is -0.144. The molecule has 1 amide bonds. The van der Waals surface area contributed by atoms with Gasteiger partial charge in [-0.2, -0.15) is 0 Å². The number of nitrogens with one attached hydrogen (secondary N) is 1. The van der Waals surface area contributed by atoms with Crippen molar-refractivity contribution in [2.75, 3.05) is 32.8 Å². The van der Waals surface area contributed by atoms with E-state index >= 15 is 0 Å². The second-order valence-corrected chi connectivity index (χ2v) is 6.30. The van der Waals surface area contributed by atoms with Crippen molar-refractivity contribution in [1.82, 2.24) is 19.4 Å². The van der Waals surface area contributed by atoms with Crippen LogP contribution in [0.15, 0.2) is 29.1 Å². The summed E-state index contributed by atoms with van der Waals surface area (Å²) >= 11 is 0. The maximum absolute atomic E-state index is 12.4. The molecule has 7 heteroatoms. The average Bonchev–Trinajstić information content (AvgIpc) is 2.81. The van der Waals surface area contributed by atoms with Gasteiger partial charge in [-0.25, -0.2) is 4.79 Å². The molecule has 1 fully saturated rings. The second-order valence-electron chi connectivity index (χ2n) is 6.30. The van der Waals surface area contributed by atoms with Gasteiger partial charge in [0.2, 0.25) is 5.91 Å². The van der Waals surface area contributed by atoms with Gasteiger partial charge in [0.15, 0.2) is 0 Å². The fourth-order valence-electron chi connectivity index (χ4n) is 3.20. The number of ether oxygens (including phenoxy) is 1. The van der Waals surface area contributed by atoms with Crippen LogP contribution in [0.1, 0.15) is 6.92 Å². The van der Waals surface area contributed by atoms with Crippen LogP contribution in [0.2, 0.25) is 0 Å². The summed E-state index contributed by atoms with van der Waals surface area (Å²) < 4.78 is 8.42. The maximum atomic E-state index is 12.4. The van der Waals surface area contributed by atoms with Gasteiger partial charge in [0.1, 0.15) is 6.54 Å². The number of hydrogen-bond donors (Lipinski definition) is 1. The second kappa shape index (κ2) is 7.19. The van der Waals surface area contributed by atoms with E-state index in [4.69, 9.17) is 4.74 Å². The Labute approximate surface area is 140 Å². The van der Waals surface area contributed by atoms with E-state index < -0.39 is 0 Å². The first-order valence-corrected chi connectivity index (χ1v) is 8.30. The van der Waals surface area contributed by atoms with Gasteiger partial charge in [0.05, 0.1) is 24.2 Å². The van der Waals surface area contributed by atoms with Crippen LogP contribution in [-0.2, 0) is 23.1 Å². The summed E-state index contributed by atoms with van der Waals surface area (Å²) in [6.07, 6.45) is 0. The minimum absolute atomic E-state index is 0.0290. The molecule has 0 aliphatic carbocycles. The molecule has 0 saturated carbocycles. The van der Waals surface area contributed by atoms with E-state index in [0.717, 1.165) is 43.9 Å². The zero-order valence-corrected chi connectivity index (χ0v) is 14.2. The molecular weight excluding hydrogens is 308 g/mol. The van der Waals surface area contributed by atoms with Gasteiger partial charge in [-0.15, -0.1) is 0 Å². The highest BCUT2D eigenvalue weighted by molar-refractivity contribution is 5.81. The average molecular weight is 332 g/mol. The SMILES string of the molecule is C[C@@H](CN1CCOCC1)NC(=O)Cn1c(=O)n(C)c2ccccc21. The van der Waals surface area contributed by atoms with Crippen LogP contribution in [0.5, 0.6) is 0 Å². The molecule has 1 aromatic carbocycles. The molecule has 1 aromatic heterocycles. The first-order valence-electron chi connectivity index (χ1n) is 8.30. The molecule has 0 unspecified atom stereocenters. The first kappa shape index (κ1) is 16.7. The summed E-state index contributed by atoms with van der Waals surface area (Å²) in [5.41, 5.74) is 1.44. The Balaban J connectivity index is 1.65. The number of morpholine rings is 1. The monoisotopic (exact) mass is 332 g/mol. The predicted octanol–water partition coefficient (Wildman–Crippen LogP) is 0.177. The molecule has 130 valence electrons. The molecular formula is C17H24N4O3. The molecule has 1 atom stereocenters. The Hall–Kier alpha value is -2.12. The number of carbonyl (C=O) groups is 1. The lowest BCUT2D eigenvalue weighted by molar-refractivity contribution is -0.122. The first-order chi connectivity index (χ1) is 11.6. The predicted molar refractivity (Wildman–Crippen MR) is 92.0 cm³/mol. The number of benzene rings is 1. The summed E-state index contributed by atoms with van der Waals surface area (Å²) in [4.78, 5) is 27.0. The van der Waals surface area contributed by atoms with Crippen molar-refractivity contribution in [3.8, 4) is 0 Å². The largest absolute Gasteiger partial charge is 0.379 e. The highest BCUT2D eigenvalue weighted by Gasteiger charge is 2.17. The van der Waals surface area contributed by atoms with Crippen molar-refractivity contribution in [2.24, 2.45) is 7.05 Å². The smallest absolute Gasteiger partial charge is 0.329 e. The van der Waals surface area contributed by atoms with Crippen molar-refractivity contribution in [2.45, 2.75) is 19.5 Å². The minimum atomic E-state index is -0.174. The molecule has 0 radical (unpaired) electrons. The summed E-state index contributed by atoms with van der Waals surface area (Å²) in [6, 6.07) is 7.53. The van der Waals surface area contributed by atoms with Gasteiger partial charge < -0.3 is 10.1 Å². The Morgan fingerprint density at radius 2 is 1.92 bits per heavy atom. The standard InChI is InChI=1S/C17H24N4O3/c1-13(11-20-7-9-24-10-8-20)18-16(22)12-21-15-6-4-3-5-14(15)19(2)17(21)23/h3-6,13H,7-12H2,1-2H3,(H,18,22)/t13-/m0/s1. The van der Waals surface area contributed by atoms with Crippen molar-refractivity contribution in [3.63, 3.8) is 0 Å². The molecule has 7 nitrogen and oxygen atoms in total. The van der Waals surface area contributed by atoms with Crippen molar-refractivity contribution < 1.29 is 9.53 Å². The van der Waals surface area contributed by atoms with E-state index in [-0.39, 0.29) is 24.2 Å². The molecule has 1 aliphatic heterocycles. The molecule has 3 rings (SSSR count). The zero-order chi connectivity index (χ0) is 17.1. The van der Waals surface area contributed by atoms with Crippen molar-refractivity contribution in [1.29, 1.82) is 0 Å². The number of aromatic nitrogens is 2. The van der Waals surface area contributed by atoms with E-state index in [1.807, 2.05) is 31.2 Å². The number of carbonyl (C=O) groups excluding carboxylic acids is 1. The van der Waals surface area contributed by atoms with Crippen LogP contribution >= 0.6 is 0 Å². The maximum Gasteiger partial charge on any atom is 0.329 e. The van der Waals surface area contributed by atoms with Gasteiger partial charge in [-0.3, -0.25) is 18.8 Å². The fourth-order valence-corrected chi connectivity index (χ4v) is 3.20. The quantitative estimate of drug-likeness (QED) is 0.848. The normalized spacial score (nSPS) is 17.1. The van der Waals surface area contributed by atoms with Crippen molar-refractivity contribution >= 4 is 16.9 Å². The van der Waals surface area contributed by atoms with Crippen LogP contribution in [0.3, 0.4) is 0 Å². The van der Waals surface area contributed by atoms with Gasteiger partial charge in [-0.1, -0.05) is 12.1 Å². The van der Waals surface area contributed by atoms with Crippen LogP contribution in [-0.4, -0.2) is 58.8 Å². The summed E-state index contributed by atoms with van der Waals surface area (Å²) in [6.45, 7) is 6.08. The molecule has 1 N–H and O–H groups in total. The zero-order valence-electron chi connectivity index (χ0n) is 14.2. The lowest BCUT2D eigenvalue weighted by atomic mass is 10.2. The molecule has 1 aliphatic rings. The molecule has 0 spiro atoms. The topological polar surface area (TPSA) is 68.5 Å². The molecule has 0 bridgehead atoms. The molecule has 1 saturated heterocycles. The van der Waals surface area contributed by atoms with Gasteiger partial charge in [0, 0.05) is 32.7 Å². The highest BCUT2D eigenvalue weighted by atomic mass is 16.5. The third-order valence-corrected chi connectivity index (χ3v) is 4.40. The Bertz CT molecular complexity index is 774. The van der Waals surface area contributed by atoms with E-state index in [0.29, 0.717) is 0 Å². The number of rotatable bonds is 5. The Kier molecular flexibility index (Phi) is 5.01. The molecule has 2 heterocycles. The fraction of sp³-hybridized carbons (Fsp3) is 0.529. The van der Waals surface area contributed by atoms with Gasteiger partial charge in [-0.05, 0) is 19.1 Å². The van der Waals surface area contributed by atoms with E-state index in [1.54, 1.807) is 11.6 Å². The summed E-state index contributed by atoms with van der Waals surface area (Å²) in [7, 11) is 1.72. The highest BCUT2D eigenvalue weighted by Crippen LogP contribution is 2.11. The Morgan fingerprint density at radius 3 is 2.62 bits per heavy atom. The number of hydrogen-bond acceptors (Lipinski definition) is 4. The van der Waals surface area contributed by atoms with Crippen molar-refractivity contribution in [3.05, 3.63) is 34.7 Å². The molecule has 24 heavy (non-hydrogen) atoms. The number of imidazole rings is 1. The van der Waals surface area contributed by atoms with Gasteiger partial charge >= 0.3 is 5.69 Å². The lowest BCUT2D eigenvalue weighted by Gasteiger charge is -2.29. The number of nitrogens with zero attached hydrogens (tertiary/aromatic N) is 3. The third kappa shape index (κ3) is 3.52. The van der Waals surface area contributed by atoms with Crippen LogP contribution in [0.25, 0.3) is 11.0 Å². The van der Waals surface area contributed by atoms with E-state index in [2.05, 4.69) is 10.2 Å². The lowest BCUT2D eigenvalue weighted by Crippen LogP contribution is -2.47.